The van der Waals surface area contributed by atoms with E-state index in [0.29, 0.717) is 23.3 Å². The van der Waals surface area contributed by atoms with Gasteiger partial charge in [-0.05, 0) is 55.5 Å². The van der Waals surface area contributed by atoms with E-state index in [9.17, 15) is 18.0 Å². The third kappa shape index (κ3) is 4.89. The lowest BCUT2D eigenvalue weighted by Crippen LogP contribution is -2.26. The Morgan fingerprint density at radius 2 is 1.71 bits per heavy atom. The van der Waals surface area contributed by atoms with Crippen LogP contribution < -0.4 is 15.0 Å². The Balaban J connectivity index is 1.52. The molecule has 11 heteroatoms. The Morgan fingerprint density at radius 3 is 2.47 bits per heavy atom. The van der Waals surface area contributed by atoms with Crippen LogP contribution in [-0.2, 0) is 21.5 Å². The van der Waals surface area contributed by atoms with Crippen molar-refractivity contribution in [2.75, 3.05) is 11.3 Å². The maximum atomic E-state index is 12.8. The van der Waals surface area contributed by atoms with Crippen molar-refractivity contribution in [2.45, 2.75) is 18.6 Å². The molecule has 0 aliphatic rings. The number of benzene rings is 3. The normalized spacial score (nSPS) is 11.2. The third-order valence-electron chi connectivity index (χ3n) is 4.78. The number of para-hydroxylation sites is 1. The molecule has 4 rings (SSSR count). The molecule has 4 aromatic rings. The van der Waals surface area contributed by atoms with Crippen LogP contribution in [0.4, 0.5) is 5.69 Å². The first-order valence-electron chi connectivity index (χ1n) is 10.2. The zero-order chi connectivity index (χ0) is 24.1. The van der Waals surface area contributed by atoms with E-state index < -0.39 is 28.3 Å². The fourth-order valence-corrected chi connectivity index (χ4v) is 4.22. The second-order valence-electron chi connectivity index (χ2n) is 7.03. The van der Waals surface area contributed by atoms with E-state index in [0.717, 1.165) is 4.68 Å². The van der Waals surface area contributed by atoms with Gasteiger partial charge in [0.05, 0.1) is 28.1 Å². The average molecular weight is 481 g/mol. The first-order chi connectivity index (χ1) is 16.4. The summed E-state index contributed by atoms with van der Waals surface area (Å²) in [5, 5.41) is 8.03. The van der Waals surface area contributed by atoms with Gasteiger partial charge in [0, 0.05) is 0 Å². The van der Waals surface area contributed by atoms with Crippen LogP contribution in [0.15, 0.2) is 82.5 Å². The lowest BCUT2D eigenvalue weighted by atomic mass is 10.2. The molecule has 0 saturated heterocycles. The second kappa shape index (κ2) is 9.71. The molecule has 0 radical (unpaired) electrons. The number of hydrogen-bond donors (Lipinski definition) is 1. The molecule has 0 saturated carbocycles. The number of ether oxygens (including phenoxy) is 2. The van der Waals surface area contributed by atoms with Gasteiger partial charge < -0.3 is 9.47 Å². The number of esters is 1. The summed E-state index contributed by atoms with van der Waals surface area (Å²) in [6.07, 6.45) is 0. The summed E-state index contributed by atoms with van der Waals surface area (Å²) in [6, 6.07) is 18.5. The summed E-state index contributed by atoms with van der Waals surface area (Å²) in [7, 11) is -3.99. The van der Waals surface area contributed by atoms with E-state index in [-0.39, 0.29) is 16.1 Å². The van der Waals surface area contributed by atoms with Gasteiger partial charge in [-0.2, -0.15) is 4.68 Å². The molecule has 0 spiro atoms. The van der Waals surface area contributed by atoms with Gasteiger partial charge >= 0.3 is 5.97 Å². The standard InChI is InChI=1S/C23H20N4O6S/c1-2-32-16-11-13-17(14-12-16)34(30,31)25-21-10-6-4-8-19(21)23(29)33-15-27-22(28)18-7-3-5-9-20(18)24-26-27/h3-14,25H,2,15H2,1H3. The number of rotatable bonds is 8. The number of sulfonamides is 1. The minimum atomic E-state index is -3.99. The number of nitrogens with zero attached hydrogens (tertiary/aromatic N) is 3. The quantitative estimate of drug-likeness (QED) is 0.381. The molecule has 0 fully saturated rings. The molecule has 0 atom stereocenters. The number of fused-ring (bicyclic) bond motifs is 1. The van der Waals surface area contributed by atoms with Gasteiger partial charge in [0.1, 0.15) is 11.3 Å². The second-order valence-corrected chi connectivity index (χ2v) is 8.71. The molecule has 174 valence electrons. The van der Waals surface area contributed by atoms with Crippen LogP contribution in [-0.4, -0.2) is 36.0 Å². The van der Waals surface area contributed by atoms with Crippen molar-refractivity contribution >= 4 is 32.6 Å². The topological polar surface area (TPSA) is 129 Å². The predicted octanol–water partition coefficient (Wildman–Crippen LogP) is 2.81. The van der Waals surface area contributed by atoms with E-state index in [1.54, 1.807) is 48.5 Å². The zero-order valence-electron chi connectivity index (χ0n) is 18.0. The van der Waals surface area contributed by atoms with Gasteiger partial charge in [-0.15, -0.1) is 5.10 Å². The van der Waals surface area contributed by atoms with E-state index in [1.807, 2.05) is 6.92 Å². The minimum absolute atomic E-state index is 0.00267. The zero-order valence-corrected chi connectivity index (χ0v) is 18.9. The summed E-state index contributed by atoms with van der Waals surface area (Å²) in [5.74, 6) is -0.302. The Hall–Kier alpha value is -4.25. The lowest BCUT2D eigenvalue weighted by Gasteiger charge is -2.13. The van der Waals surface area contributed by atoms with Crippen molar-refractivity contribution in [1.82, 2.24) is 15.0 Å². The van der Waals surface area contributed by atoms with Crippen molar-refractivity contribution in [3.8, 4) is 5.75 Å². The Kier molecular flexibility index (Phi) is 6.55. The Morgan fingerprint density at radius 1 is 1.00 bits per heavy atom. The number of nitrogens with one attached hydrogen (secondary N) is 1. The Bertz CT molecular complexity index is 1500. The van der Waals surface area contributed by atoms with Gasteiger partial charge in [-0.1, -0.05) is 29.5 Å². The molecule has 3 aromatic carbocycles. The van der Waals surface area contributed by atoms with Gasteiger partial charge in [0.25, 0.3) is 15.6 Å². The number of anilines is 1. The van der Waals surface area contributed by atoms with Crippen LogP contribution in [0.2, 0.25) is 0 Å². The highest BCUT2D eigenvalue weighted by Gasteiger charge is 2.20. The average Bonchev–Trinajstić information content (AvgIpc) is 2.84. The highest BCUT2D eigenvalue weighted by atomic mass is 32.2. The summed E-state index contributed by atoms with van der Waals surface area (Å²) in [5.41, 5.74) is -0.0517. The minimum Gasteiger partial charge on any atom is -0.494 e. The summed E-state index contributed by atoms with van der Waals surface area (Å²) >= 11 is 0. The summed E-state index contributed by atoms with van der Waals surface area (Å²) in [6.45, 7) is 1.79. The molecular weight excluding hydrogens is 460 g/mol. The molecule has 10 nitrogen and oxygen atoms in total. The first-order valence-corrected chi connectivity index (χ1v) is 11.7. The molecule has 34 heavy (non-hydrogen) atoms. The number of aromatic nitrogens is 3. The number of hydrogen-bond acceptors (Lipinski definition) is 8. The summed E-state index contributed by atoms with van der Waals surface area (Å²) in [4.78, 5) is 25.2. The monoisotopic (exact) mass is 480 g/mol. The smallest absolute Gasteiger partial charge is 0.342 e. The molecule has 0 unspecified atom stereocenters. The maximum absolute atomic E-state index is 12.8. The van der Waals surface area contributed by atoms with Crippen molar-refractivity contribution in [3.05, 3.63) is 88.7 Å². The van der Waals surface area contributed by atoms with Crippen molar-refractivity contribution in [2.24, 2.45) is 0 Å². The van der Waals surface area contributed by atoms with E-state index in [2.05, 4.69) is 15.0 Å². The van der Waals surface area contributed by atoms with Crippen LogP contribution in [0.1, 0.15) is 17.3 Å². The number of carbonyl (C=O) groups is 1. The molecule has 1 N–H and O–H groups in total. The fourth-order valence-electron chi connectivity index (χ4n) is 3.14. The van der Waals surface area contributed by atoms with E-state index >= 15 is 0 Å². The van der Waals surface area contributed by atoms with Gasteiger partial charge in [0.15, 0.2) is 6.73 Å². The fraction of sp³-hybridized carbons (Fsp3) is 0.130. The molecule has 1 heterocycles. The van der Waals surface area contributed by atoms with Crippen LogP contribution in [0.25, 0.3) is 10.9 Å². The van der Waals surface area contributed by atoms with Crippen LogP contribution in [0.5, 0.6) is 5.75 Å². The molecular formula is C23H20N4O6S. The van der Waals surface area contributed by atoms with Gasteiger partial charge in [-0.25, -0.2) is 13.2 Å². The van der Waals surface area contributed by atoms with Crippen LogP contribution >= 0.6 is 0 Å². The van der Waals surface area contributed by atoms with Crippen molar-refractivity contribution in [1.29, 1.82) is 0 Å². The van der Waals surface area contributed by atoms with Gasteiger partial charge in [-0.3, -0.25) is 9.52 Å². The highest BCUT2D eigenvalue weighted by molar-refractivity contribution is 7.92. The third-order valence-corrected chi connectivity index (χ3v) is 6.16. The molecule has 1 aromatic heterocycles. The highest BCUT2D eigenvalue weighted by Crippen LogP contribution is 2.22. The van der Waals surface area contributed by atoms with Crippen LogP contribution in [0.3, 0.4) is 0 Å². The molecule has 0 amide bonds. The Labute approximate surface area is 194 Å². The first kappa shape index (κ1) is 22.9. The van der Waals surface area contributed by atoms with E-state index in [4.69, 9.17) is 9.47 Å². The maximum Gasteiger partial charge on any atom is 0.342 e. The van der Waals surface area contributed by atoms with Gasteiger partial charge in [0.2, 0.25) is 0 Å². The largest absolute Gasteiger partial charge is 0.494 e. The predicted molar refractivity (Wildman–Crippen MR) is 124 cm³/mol. The summed E-state index contributed by atoms with van der Waals surface area (Å²) < 4.78 is 39.5. The number of carbonyl (C=O) groups excluding carboxylic acids is 1. The SMILES string of the molecule is CCOc1ccc(S(=O)(=O)Nc2ccccc2C(=O)OCn2nnc3ccccc3c2=O)cc1. The van der Waals surface area contributed by atoms with E-state index in [1.165, 1.54) is 24.3 Å². The molecule has 0 bridgehead atoms. The van der Waals surface area contributed by atoms with Crippen molar-refractivity contribution in [3.63, 3.8) is 0 Å². The molecule has 0 aliphatic carbocycles. The lowest BCUT2D eigenvalue weighted by molar-refractivity contribution is 0.0337. The molecule has 0 aliphatic heterocycles. The van der Waals surface area contributed by atoms with Crippen LogP contribution in [0, 0.1) is 0 Å². The van der Waals surface area contributed by atoms with Crippen molar-refractivity contribution < 1.29 is 22.7 Å².